The minimum Gasteiger partial charge on any atom is -0.492 e. The molecule has 4 amide bonds. The molecule has 220 valence electrons. The van der Waals surface area contributed by atoms with Gasteiger partial charge in [-0.15, -0.1) is 0 Å². The van der Waals surface area contributed by atoms with Crippen LogP contribution >= 0.6 is 11.6 Å². The van der Waals surface area contributed by atoms with Crippen molar-refractivity contribution in [2.75, 3.05) is 26.3 Å². The van der Waals surface area contributed by atoms with E-state index in [9.17, 15) is 19.2 Å². The molecule has 3 atom stereocenters. The van der Waals surface area contributed by atoms with E-state index in [4.69, 9.17) is 21.1 Å². The van der Waals surface area contributed by atoms with Gasteiger partial charge in [0.15, 0.2) is 0 Å². The molecule has 1 fully saturated rings. The molecule has 4 rings (SSSR count). The Balaban J connectivity index is 1.51. The maximum Gasteiger partial charge on any atom is 0.255 e. The van der Waals surface area contributed by atoms with Crippen molar-refractivity contribution in [3.63, 3.8) is 0 Å². The number of benzene rings is 2. The van der Waals surface area contributed by atoms with Crippen LogP contribution in [0.5, 0.6) is 11.5 Å². The summed E-state index contributed by atoms with van der Waals surface area (Å²) in [6, 6.07) is 9.84. The molecule has 41 heavy (non-hydrogen) atoms. The van der Waals surface area contributed by atoms with E-state index in [1.165, 1.54) is 0 Å². The Hall–Kier alpha value is -3.79. The van der Waals surface area contributed by atoms with Crippen LogP contribution in [0.4, 0.5) is 0 Å². The van der Waals surface area contributed by atoms with E-state index in [1.54, 1.807) is 47.4 Å². The summed E-state index contributed by atoms with van der Waals surface area (Å²) >= 11 is 6.06. The van der Waals surface area contributed by atoms with Gasteiger partial charge in [-0.3, -0.25) is 19.2 Å². The van der Waals surface area contributed by atoms with E-state index in [-0.39, 0.29) is 49.6 Å². The molecule has 3 N–H and O–H groups in total. The van der Waals surface area contributed by atoms with Gasteiger partial charge in [0.2, 0.25) is 17.7 Å². The first-order valence-electron chi connectivity index (χ1n) is 13.9. The highest BCUT2D eigenvalue weighted by molar-refractivity contribution is 6.31. The lowest BCUT2D eigenvalue weighted by Crippen LogP contribution is -2.55. The van der Waals surface area contributed by atoms with Gasteiger partial charge in [0, 0.05) is 11.6 Å². The highest BCUT2D eigenvalue weighted by atomic mass is 35.5. The van der Waals surface area contributed by atoms with Gasteiger partial charge in [-0.1, -0.05) is 37.6 Å². The fraction of sp³-hybridized carbons (Fsp3) is 0.467. The van der Waals surface area contributed by atoms with Gasteiger partial charge < -0.3 is 30.3 Å². The van der Waals surface area contributed by atoms with Crippen molar-refractivity contribution in [3.05, 3.63) is 58.6 Å². The number of hydrogen-bond donors (Lipinski definition) is 3. The molecule has 2 aromatic carbocycles. The van der Waals surface area contributed by atoms with Crippen molar-refractivity contribution >= 4 is 35.2 Å². The summed E-state index contributed by atoms with van der Waals surface area (Å²) in [5, 5.41) is 8.86. The van der Waals surface area contributed by atoms with Gasteiger partial charge in [0.1, 0.15) is 36.8 Å². The van der Waals surface area contributed by atoms with Gasteiger partial charge >= 0.3 is 0 Å². The molecule has 0 radical (unpaired) electrons. The molecule has 10 nitrogen and oxygen atoms in total. The molecule has 2 aliphatic heterocycles. The fourth-order valence-corrected chi connectivity index (χ4v) is 5.11. The van der Waals surface area contributed by atoms with Crippen LogP contribution in [0.25, 0.3) is 0 Å². The van der Waals surface area contributed by atoms with Crippen LogP contribution in [-0.4, -0.2) is 73.0 Å². The lowest BCUT2D eigenvalue weighted by molar-refractivity contribution is -0.139. The van der Waals surface area contributed by atoms with E-state index >= 15 is 0 Å². The second-order valence-electron chi connectivity index (χ2n) is 10.7. The second kappa shape index (κ2) is 13.7. The molecule has 0 aliphatic carbocycles. The summed E-state index contributed by atoms with van der Waals surface area (Å²) in [4.78, 5) is 55.0. The Morgan fingerprint density at radius 1 is 1.17 bits per heavy atom. The molecule has 0 saturated carbocycles. The number of ether oxygens (including phenoxy) is 2. The standard InChI is InChI=1S/C30H37ClN4O6/c1-18(2)27-30(39)35-13-6-7-20(35)17-41-25-9-5-4-8-22(25)28(37)33-24(16-26(36)34-27)29(38)32-12-14-40-21-10-11-23(31)19(3)15-21/h4-5,8-11,15,18,20,24,27H,6-7,12-14,16-17H2,1-3H3,(H,32,38)(H,33,37)(H,34,36)/t20-,24-,27+/m0/s1. The number of aryl methyl sites for hydroxylation is 1. The third-order valence-corrected chi connectivity index (χ3v) is 7.71. The minimum atomic E-state index is -1.20. The number of fused-ring (bicyclic) bond motifs is 2. The van der Waals surface area contributed by atoms with E-state index in [1.807, 2.05) is 20.8 Å². The topological polar surface area (TPSA) is 126 Å². The third-order valence-electron chi connectivity index (χ3n) is 7.28. The summed E-state index contributed by atoms with van der Waals surface area (Å²) in [5.41, 5.74) is 1.10. The van der Waals surface area contributed by atoms with Crippen LogP contribution in [-0.2, 0) is 14.4 Å². The predicted octanol–water partition coefficient (Wildman–Crippen LogP) is 2.86. The molecule has 0 spiro atoms. The van der Waals surface area contributed by atoms with Crippen molar-refractivity contribution < 1.29 is 28.7 Å². The summed E-state index contributed by atoms with van der Waals surface area (Å²) in [7, 11) is 0. The van der Waals surface area contributed by atoms with Crippen molar-refractivity contribution in [2.24, 2.45) is 5.92 Å². The number of halogens is 1. The number of rotatable bonds is 6. The average molecular weight is 585 g/mol. The number of nitrogens with zero attached hydrogens (tertiary/aromatic N) is 1. The van der Waals surface area contributed by atoms with Gasteiger partial charge in [-0.2, -0.15) is 0 Å². The first kappa shape index (κ1) is 30.2. The first-order chi connectivity index (χ1) is 19.6. The number of nitrogens with one attached hydrogen (secondary N) is 3. The zero-order chi connectivity index (χ0) is 29.5. The van der Waals surface area contributed by atoms with E-state index in [2.05, 4.69) is 16.0 Å². The third kappa shape index (κ3) is 7.70. The quantitative estimate of drug-likeness (QED) is 0.448. The lowest BCUT2D eigenvalue weighted by Gasteiger charge is -2.32. The number of amides is 4. The summed E-state index contributed by atoms with van der Waals surface area (Å²) in [6.07, 6.45) is 1.24. The van der Waals surface area contributed by atoms with Crippen LogP contribution in [0.3, 0.4) is 0 Å². The monoisotopic (exact) mass is 584 g/mol. The lowest BCUT2D eigenvalue weighted by atomic mass is 10.0. The summed E-state index contributed by atoms with van der Waals surface area (Å²) in [6.45, 7) is 6.66. The molecular weight excluding hydrogens is 548 g/mol. The van der Waals surface area contributed by atoms with Crippen LogP contribution in [0, 0.1) is 12.8 Å². The molecule has 2 aromatic rings. The molecule has 0 aromatic heterocycles. The van der Waals surface area contributed by atoms with E-state index < -0.39 is 29.8 Å². The SMILES string of the molecule is Cc1cc(OCCNC(=O)[C@@H]2CC(=O)N[C@H](C(C)C)C(=O)N3CCC[C@H]3COc3ccccc3C(=O)N2)ccc1Cl. The fourth-order valence-electron chi connectivity index (χ4n) is 4.99. The Morgan fingerprint density at radius 3 is 2.71 bits per heavy atom. The molecule has 1 saturated heterocycles. The molecule has 0 bridgehead atoms. The van der Waals surface area contributed by atoms with Crippen LogP contribution in [0.15, 0.2) is 42.5 Å². The molecule has 0 unspecified atom stereocenters. The smallest absolute Gasteiger partial charge is 0.255 e. The number of carbonyl (C=O) groups is 4. The Bertz CT molecular complexity index is 1290. The van der Waals surface area contributed by atoms with Gasteiger partial charge in [0.05, 0.1) is 24.6 Å². The van der Waals surface area contributed by atoms with Crippen LogP contribution < -0.4 is 25.4 Å². The Labute approximate surface area is 245 Å². The maximum absolute atomic E-state index is 13.5. The second-order valence-corrected chi connectivity index (χ2v) is 11.1. The van der Waals surface area contributed by atoms with Crippen molar-refractivity contribution in [1.82, 2.24) is 20.9 Å². The highest BCUT2D eigenvalue weighted by Gasteiger charge is 2.37. The van der Waals surface area contributed by atoms with Gasteiger partial charge in [-0.05, 0) is 61.6 Å². The van der Waals surface area contributed by atoms with Crippen molar-refractivity contribution in [1.29, 1.82) is 0 Å². The molecule has 2 heterocycles. The number of para-hydroxylation sites is 1. The van der Waals surface area contributed by atoms with E-state index in [0.717, 1.165) is 18.4 Å². The molecule has 2 aliphatic rings. The van der Waals surface area contributed by atoms with Crippen LogP contribution in [0.2, 0.25) is 5.02 Å². The normalized spacial score (nSPS) is 21.6. The average Bonchev–Trinajstić information content (AvgIpc) is 3.42. The maximum atomic E-state index is 13.5. The predicted molar refractivity (Wildman–Crippen MR) is 154 cm³/mol. The number of carbonyl (C=O) groups excluding carboxylic acids is 4. The molecule has 11 heteroatoms. The number of hydrogen-bond acceptors (Lipinski definition) is 6. The van der Waals surface area contributed by atoms with Gasteiger partial charge in [0.25, 0.3) is 5.91 Å². The zero-order valence-corrected chi connectivity index (χ0v) is 24.3. The van der Waals surface area contributed by atoms with Crippen molar-refractivity contribution in [3.8, 4) is 11.5 Å². The van der Waals surface area contributed by atoms with Crippen molar-refractivity contribution in [2.45, 2.75) is 58.2 Å². The highest BCUT2D eigenvalue weighted by Crippen LogP contribution is 2.24. The summed E-state index contributed by atoms with van der Waals surface area (Å²) in [5.74, 6) is -1.02. The first-order valence-corrected chi connectivity index (χ1v) is 14.3. The zero-order valence-electron chi connectivity index (χ0n) is 23.6. The Kier molecular flexibility index (Phi) is 10.1. The largest absolute Gasteiger partial charge is 0.492 e. The minimum absolute atomic E-state index is 0.137. The van der Waals surface area contributed by atoms with Gasteiger partial charge in [-0.25, -0.2) is 0 Å². The van der Waals surface area contributed by atoms with Crippen LogP contribution in [0.1, 0.15) is 49.0 Å². The molecular formula is C30H37ClN4O6. The Morgan fingerprint density at radius 2 is 1.95 bits per heavy atom. The van der Waals surface area contributed by atoms with E-state index in [0.29, 0.717) is 23.1 Å². The summed E-state index contributed by atoms with van der Waals surface area (Å²) < 4.78 is 11.7.